The fourth-order valence-corrected chi connectivity index (χ4v) is 4.41. The molecule has 0 saturated heterocycles. The van der Waals surface area contributed by atoms with Crippen LogP contribution in [0.25, 0.3) is 11.2 Å². The minimum atomic E-state index is -1.02. The largest absolute Gasteiger partial charge is 0.390 e. The second kappa shape index (κ2) is 9.23. The summed E-state index contributed by atoms with van der Waals surface area (Å²) in [7, 11) is 0. The van der Waals surface area contributed by atoms with Gasteiger partial charge in [0.05, 0.1) is 12.1 Å². The van der Waals surface area contributed by atoms with Crippen LogP contribution in [0.2, 0.25) is 0 Å². The quantitative estimate of drug-likeness (QED) is 0.222. The van der Waals surface area contributed by atoms with E-state index in [2.05, 4.69) is 54.6 Å². The fraction of sp³-hybridized carbons (Fsp3) is 0.667. The molecule has 1 aliphatic rings. The standard InChI is InChI=1S/C18H27N9O2S/c1-3-5-6-19-16-12-17(23-18(22-16)30-7-4-2)27(26-24-12)11-8-10(13(28)14(11)29)15-20-9-21-25-15/h9-11,13-14,28-29H,3-8H2,1-2H3,(H,19,22,23)(H,20,21,25)/t10-,11+,13+,14-/m0/s1. The summed E-state index contributed by atoms with van der Waals surface area (Å²) in [6, 6.07) is -0.484. The van der Waals surface area contributed by atoms with Crippen molar-refractivity contribution in [2.75, 3.05) is 17.6 Å². The molecule has 162 valence electrons. The van der Waals surface area contributed by atoms with Crippen LogP contribution in [0.15, 0.2) is 11.5 Å². The van der Waals surface area contributed by atoms with E-state index in [4.69, 9.17) is 0 Å². The topological polar surface area (TPSA) is 151 Å². The lowest BCUT2D eigenvalue weighted by molar-refractivity contribution is 0.0146. The maximum Gasteiger partial charge on any atom is 0.191 e. The number of fused-ring (bicyclic) bond motifs is 1. The molecule has 1 fully saturated rings. The first kappa shape index (κ1) is 20.9. The van der Waals surface area contributed by atoms with E-state index >= 15 is 0 Å². The number of anilines is 1. The van der Waals surface area contributed by atoms with Gasteiger partial charge in [0, 0.05) is 18.2 Å². The van der Waals surface area contributed by atoms with Crippen molar-refractivity contribution < 1.29 is 10.2 Å². The van der Waals surface area contributed by atoms with E-state index < -0.39 is 18.2 Å². The molecule has 0 unspecified atom stereocenters. The Morgan fingerprint density at radius 2 is 2.10 bits per heavy atom. The van der Waals surface area contributed by atoms with Crippen LogP contribution in [0.4, 0.5) is 5.82 Å². The smallest absolute Gasteiger partial charge is 0.191 e. The second-order valence-corrected chi connectivity index (χ2v) is 8.51. The molecule has 0 aliphatic heterocycles. The molecule has 0 amide bonds. The number of rotatable bonds is 9. The van der Waals surface area contributed by atoms with E-state index in [0.29, 0.717) is 34.4 Å². The Hall–Kier alpha value is -2.31. The van der Waals surface area contributed by atoms with Gasteiger partial charge in [0.15, 0.2) is 22.1 Å². The Morgan fingerprint density at radius 3 is 2.83 bits per heavy atom. The zero-order valence-electron chi connectivity index (χ0n) is 17.1. The first-order chi connectivity index (χ1) is 14.6. The van der Waals surface area contributed by atoms with Crippen molar-refractivity contribution in [2.24, 2.45) is 0 Å². The molecule has 0 bridgehead atoms. The normalized spacial score (nSPS) is 24.0. The number of aliphatic hydroxyl groups excluding tert-OH is 2. The number of thioether (sulfide) groups is 1. The summed E-state index contributed by atoms with van der Waals surface area (Å²) >= 11 is 1.58. The van der Waals surface area contributed by atoms with Crippen molar-refractivity contribution in [3.63, 3.8) is 0 Å². The monoisotopic (exact) mass is 433 g/mol. The SMILES string of the molecule is CCCCNc1nc(SCCC)nc2c1nnn2[C@@H]1C[C@H](c2ncn[nH]2)[C@@H](O)[C@H]1O. The maximum absolute atomic E-state index is 10.7. The molecule has 4 atom stereocenters. The average Bonchev–Trinajstić information content (AvgIpc) is 3.47. The van der Waals surface area contributed by atoms with E-state index in [-0.39, 0.29) is 5.92 Å². The number of H-pyrrole nitrogens is 1. The Bertz CT molecular complexity index is 964. The van der Waals surface area contributed by atoms with Crippen LogP contribution >= 0.6 is 11.8 Å². The Morgan fingerprint density at radius 1 is 1.23 bits per heavy atom. The van der Waals surface area contributed by atoms with Crippen LogP contribution < -0.4 is 5.32 Å². The van der Waals surface area contributed by atoms with Crippen LogP contribution in [-0.4, -0.2) is 74.9 Å². The van der Waals surface area contributed by atoms with Crippen LogP contribution in [-0.2, 0) is 0 Å². The summed E-state index contributed by atoms with van der Waals surface area (Å²) in [5, 5.41) is 40.6. The minimum Gasteiger partial charge on any atom is -0.390 e. The average molecular weight is 434 g/mol. The number of unbranched alkanes of at least 4 members (excludes halogenated alkanes) is 1. The van der Waals surface area contributed by atoms with Crippen LogP contribution in [0, 0.1) is 0 Å². The third-order valence-electron chi connectivity index (χ3n) is 5.31. The predicted octanol–water partition coefficient (Wildman–Crippen LogP) is 1.50. The van der Waals surface area contributed by atoms with Crippen LogP contribution in [0.3, 0.4) is 0 Å². The molecule has 12 heteroatoms. The summed E-state index contributed by atoms with van der Waals surface area (Å²) < 4.78 is 1.61. The Balaban J connectivity index is 1.69. The molecule has 30 heavy (non-hydrogen) atoms. The molecule has 4 N–H and O–H groups in total. The highest BCUT2D eigenvalue weighted by molar-refractivity contribution is 7.99. The van der Waals surface area contributed by atoms with E-state index in [9.17, 15) is 10.2 Å². The van der Waals surface area contributed by atoms with Gasteiger partial charge in [0.1, 0.15) is 18.3 Å². The van der Waals surface area contributed by atoms with Gasteiger partial charge in [-0.3, -0.25) is 5.10 Å². The number of nitrogens with zero attached hydrogens (tertiary/aromatic N) is 7. The van der Waals surface area contributed by atoms with Crippen LogP contribution in [0.1, 0.15) is 57.3 Å². The first-order valence-electron chi connectivity index (χ1n) is 10.3. The fourth-order valence-electron chi connectivity index (χ4n) is 3.71. The number of aliphatic hydroxyl groups is 2. The molecule has 1 aliphatic carbocycles. The van der Waals surface area contributed by atoms with Crippen molar-refractivity contribution in [3.8, 4) is 0 Å². The van der Waals surface area contributed by atoms with Gasteiger partial charge in [0.25, 0.3) is 0 Å². The highest BCUT2D eigenvalue weighted by Crippen LogP contribution is 2.41. The summed E-state index contributed by atoms with van der Waals surface area (Å²) in [6.45, 7) is 5.02. The molecule has 3 heterocycles. The molecule has 4 rings (SSSR count). The number of aromatic amines is 1. The zero-order valence-corrected chi connectivity index (χ0v) is 17.9. The molecule has 1 saturated carbocycles. The van der Waals surface area contributed by atoms with Gasteiger partial charge >= 0.3 is 0 Å². The Kier molecular flexibility index (Phi) is 6.44. The highest BCUT2D eigenvalue weighted by atomic mass is 32.2. The molecule has 0 spiro atoms. The molecule has 11 nitrogen and oxygen atoms in total. The van der Waals surface area contributed by atoms with Crippen molar-refractivity contribution >= 4 is 28.7 Å². The Labute approximate surface area is 178 Å². The van der Waals surface area contributed by atoms with E-state index in [1.54, 1.807) is 16.4 Å². The van der Waals surface area contributed by atoms with E-state index in [1.807, 2.05) is 0 Å². The minimum absolute atomic E-state index is 0.371. The van der Waals surface area contributed by atoms with Crippen molar-refractivity contribution in [1.29, 1.82) is 0 Å². The van der Waals surface area contributed by atoms with Gasteiger partial charge in [-0.15, -0.1) is 5.10 Å². The molecule has 3 aromatic rings. The van der Waals surface area contributed by atoms with Gasteiger partial charge in [0.2, 0.25) is 0 Å². The van der Waals surface area contributed by atoms with Gasteiger partial charge in [-0.2, -0.15) is 5.10 Å². The molecule has 3 aromatic heterocycles. The molecule has 0 aromatic carbocycles. The third-order valence-corrected chi connectivity index (χ3v) is 6.37. The second-order valence-electron chi connectivity index (χ2n) is 7.45. The van der Waals surface area contributed by atoms with E-state index in [0.717, 1.165) is 31.6 Å². The number of aromatic nitrogens is 8. The van der Waals surface area contributed by atoms with Crippen molar-refractivity contribution in [2.45, 2.75) is 68.9 Å². The van der Waals surface area contributed by atoms with Gasteiger partial charge < -0.3 is 15.5 Å². The number of hydrogen-bond acceptors (Lipinski definition) is 10. The lowest BCUT2D eigenvalue weighted by Gasteiger charge is -2.17. The van der Waals surface area contributed by atoms with Gasteiger partial charge in [-0.1, -0.05) is 37.2 Å². The summed E-state index contributed by atoms with van der Waals surface area (Å²) in [5.74, 6) is 1.73. The third kappa shape index (κ3) is 3.98. The molecule has 0 radical (unpaired) electrons. The summed E-state index contributed by atoms with van der Waals surface area (Å²) in [4.78, 5) is 13.4. The van der Waals surface area contributed by atoms with Crippen LogP contribution in [0.5, 0.6) is 0 Å². The summed E-state index contributed by atoms with van der Waals surface area (Å²) in [5.41, 5.74) is 1.12. The van der Waals surface area contributed by atoms with E-state index in [1.165, 1.54) is 6.33 Å². The molecular formula is C18H27N9O2S. The lowest BCUT2D eigenvalue weighted by atomic mass is 10.1. The van der Waals surface area contributed by atoms with Crippen molar-refractivity contribution in [1.82, 2.24) is 40.1 Å². The van der Waals surface area contributed by atoms with Gasteiger partial charge in [-0.05, 0) is 19.3 Å². The zero-order chi connectivity index (χ0) is 21.1. The summed E-state index contributed by atoms with van der Waals surface area (Å²) in [6.07, 6.45) is 2.92. The van der Waals surface area contributed by atoms with Gasteiger partial charge in [-0.25, -0.2) is 19.6 Å². The lowest BCUT2D eigenvalue weighted by Crippen LogP contribution is -2.29. The maximum atomic E-state index is 10.7. The predicted molar refractivity (Wildman–Crippen MR) is 112 cm³/mol. The first-order valence-corrected chi connectivity index (χ1v) is 11.3. The molecular weight excluding hydrogens is 406 g/mol. The highest BCUT2D eigenvalue weighted by Gasteiger charge is 2.45. The number of hydrogen-bond donors (Lipinski definition) is 4. The van der Waals surface area contributed by atoms with Crippen molar-refractivity contribution in [3.05, 3.63) is 12.2 Å². The number of nitrogens with one attached hydrogen (secondary N) is 2.